The first-order valence-corrected chi connectivity index (χ1v) is 3.81. The van der Waals surface area contributed by atoms with Gasteiger partial charge in [-0.15, -0.1) is 10.0 Å². The van der Waals surface area contributed by atoms with E-state index in [2.05, 4.69) is 10.6 Å². The molecule has 0 unspecified atom stereocenters. The summed E-state index contributed by atoms with van der Waals surface area (Å²) in [5.41, 5.74) is 0. The Morgan fingerprint density at radius 1 is 0.857 bits per heavy atom. The highest BCUT2D eigenvalue weighted by molar-refractivity contribution is 4.49. The first kappa shape index (κ1) is 10.4. The van der Waals surface area contributed by atoms with Gasteiger partial charge in [0.2, 0.25) is 0 Å². The maximum absolute atomic E-state index is 10.3. The summed E-state index contributed by atoms with van der Waals surface area (Å²) in [6, 6.07) is 0. The van der Waals surface area contributed by atoms with E-state index in [1.165, 1.54) is 0 Å². The summed E-state index contributed by atoms with van der Waals surface area (Å²) >= 11 is 0. The zero-order valence-corrected chi connectivity index (χ0v) is 7.25. The summed E-state index contributed by atoms with van der Waals surface area (Å²) in [6.07, 6.45) is 0. The second-order valence-corrected chi connectivity index (χ2v) is 2.62. The van der Waals surface area contributed by atoms with Crippen molar-refractivity contribution in [1.29, 1.82) is 0 Å². The minimum absolute atomic E-state index is 0.0374. The number of hydrogen-bond donors (Lipinski definition) is 2. The molecule has 0 amide bonds. The fourth-order valence-corrected chi connectivity index (χ4v) is 0.959. The Hall–Kier alpha value is -1.68. The number of nitro groups is 2. The number of nitrogens with one attached hydrogen (secondary N) is 2. The summed E-state index contributed by atoms with van der Waals surface area (Å²) in [6.45, 7) is -0.149. The van der Waals surface area contributed by atoms with E-state index < -0.39 is 10.1 Å². The Morgan fingerprint density at radius 3 is 1.36 bits per heavy atom. The third-order valence-corrected chi connectivity index (χ3v) is 1.64. The predicted molar refractivity (Wildman–Crippen MR) is 43.4 cm³/mol. The van der Waals surface area contributed by atoms with Gasteiger partial charge < -0.3 is 0 Å². The SMILES string of the molecule is O=[N+]([O-])N1CNCN([N+](=O)[O-])CNC1. The molecule has 0 spiro atoms. The van der Waals surface area contributed by atoms with Crippen LogP contribution in [0.25, 0.3) is 0 Å². The van der Waals surface area contributed by atoms with Crippen molar-refractivity contribution in [2.24, 2.45) is 0 Å². The molecule has 1 fully saturated rings. The van der Waals surface area contributed by atoms with Crippen molar-refractivity contribution < 1.29 is 10.1 Å². The van der Waals surface area contributed by atoms with Crippen LogP contribution in [0, 0.1) is 20.2 Å². The number of hydrazine groups is 2. The van der Waals surface area contributed by atoms with Crippen LogP contribution in [0.4, 0.5) is 0 Å². The molecule has 80 valence electrons. The molecule has 1 heterocycles. The van der Waals surface area contributed by atoms with Crippen molar-refractivity contribution >= 4 is 0 Å². The summed E-state index contributed by atoms with van der Waals surface area (Å²) in [7, 11) is 0. The van der Waals surface area contributed by atoms with Crippen LogP contribution in [0.3, 0.4) is 0 Å². The Balaban J connectivity index is 2.43. The Kier molecular flexibility index (Phi) is 3.36. The van der Waals surface area contributed by atoms with Crippen molar-refractivity contribution in [3.8, 4) is 0 Å². The molecular weight excluding hydrogens is 196 g/mol. The zero-order chi connectivity index (χ0) is 10.6. The number of rotatable bonds is 2. The van der Waals surface area contributed by atoms with Gasteiger partial charge in [0.25, 0.3) is 0 Å². The maximum Gasteiger partial charge on any atom is 0.162 e. The van der Waals surface area contributed by atoms with Gasteiger partial charge in [-0.2, -0.15) is 0 Å². The third kappa shape index (κ3) is 2.67. The van der Waals surface area contributed by atoms with E-state index in [-0.39, 0.29) is 26.7 Å². The molecular formula is C4H10N6O4. The highest BCUT2D eigenvalue weighted by atomic mass is 16.7. The van der Waals surface area contributed by atoms with E-state index in [1.807, 2.05) is 0 Å². The van der Waals surface area contributed by atoms with Crippen LogP contribution >= 0.6 is 0 Å². The fourth-order valence-electron chi connectivity index (χ4n) is 0.959. The molecule has 0 aromatic heterocycles. The summed E-state index contributed by atoms with van der Waals surface area (Å²) in [4.78, 5) is 20.7. The van der Waals surface area contributed by atoms with Gasteiger partial charge in [-0.1, -0.05) is 0 Å². The maximum atomic E-state index is 10.3. The van der Waals surface area contributed by atoms with Crippen LogP contribution in [-0.2, 0) is 0 Å². The lowest BCUT2D eigenvalue weighted by Gasteiger charge is -2.22. The largest absolute Gasteiger partial charge is 0.273 e. The molecule has 0 saturated carbocycles. The van der Waals surface area contributed by atoms with E-state index >= 15 is 0 Å². The minimum Gasteiger partial charge on any atom is -0.273 e. The lowest BCUT2D eigenvalue weighted by molar-refractivity contribution is -0.673. The zero-order valence-electron chi connectivity index (χ0n) is 7.25. The molecule has 1 aliphatic rings. The van der Waals surface area contributed by atoms with Crippen LogP contribution < -0.4 is 10.6 Å². The summed E-state index contributed by atoms with van der Waals surface area (Å²) in [5.74, 6) is 0. The summed E-state index contributed by atoms with van der Waals surface area (Å²) < 4.78 is 0. The van der Waals surface area contributed by atoms with Gasteiger partial charge >= 0.3 is 0 Å². The van der Waals surface area contributed by atoms with Gasteiger partial charge in [0.15, 0.2) is 10.1 Å². The van der Waals surface area contributed by atoms with Gasteiger partial charge in [0.1, 0.15) is 26.7 Å². The lowest BCUT2D eigenvalue weighted by Crippen LogP contribution is -2.54. The van der Waals surface area contributed by atoms with Crippen molar-refractivity contribution in [2.45, 2.75) is 0 Å². The molecule has 1 rings (SSSR count). The van der Waals surface area contributed by atoms with Crippen LogP contribution in [0.1, 0.15) is 0 Å². The lowest BCUT2D eigenvalue weighted by atomic mass is 10.7. The Bertz CT molecular complexity index is 202. The van der Waals surface area contributed by atoms with Crippen molar-refractivity contribution in [3.63, 3.8) is 0 Å². The quantitative estimate of drug-likeness (QED) is 0.393. The average Bonchev–Trinajstić information content (AvgIpc) is 2.01. The van der Waals surface area contributed by atoms with E-state index in [1.54, 1.807) is 0 Å². The molecule has 0 aromatic carbocycles. The molecule has 0 radical (unpaired) electrons. The van der Waals surface area contributed by atoms with E-state index in [0.29, 0.717) is 0 Å². The second kappa shape index (κ2) is 4.53. The third-order valence-electron chi connectivity index (χ3n) is 1.64. The number of hydrogen-bond acceptors (Lipinski definition) is 6. The van der Waals surface area contributed by atoms with Gasteiger partial charge in [-0.05, 0) is 0 Å². The average molecular weight is 206 g/mol. The van der Waals surface area contributed by atoms with Gasteiger partial charge in [-0.3, -0.25) is 10.6 Å². The summed E-state index contributed by atoms with van der Waals surface area (Å²) in [5, 5.41) is 26.5. The first-order valence-electron chi connectivity index (χ1n) is 3.81. The van der Waals surface area contributed by atoms with Gasteiger partial charge in [-0.25, -0.2) is 20.2 Å². The van der Waals surface area contributed by atoms with E-state index in [0.717, 1.165) is 10.0 Å². The van der Waals surface area contributed by atoms with Crippen molar-refractivity contribution in [3.05, 3.63) is 20.2 Å². The molecule has 1 saturated heterocycles. The smallest absolute Gasteiger partial charge is 0.162 e. The molecule has 0 atom stereocenters. The van der Waals surface area contributed by atoms with Crippen LogP contribution in [0.15, 0.2) is 0 Å². The van der Waals surface area contributed by atoms with Gasteiger partial charge in [0, 0.05) is 0 Å². The minimum atomic E-state index is -0.568. The van der Waals surface area contributed by atoms with E-state index in [9.17, 15) is 20.2 Å². The normalized spacial score (nSPS) is 18.6. The standard InChI is InChI=1S/C4H10N6O4/c11-9(12)7-1-5-2-8(10(13)14)4-6-3-7/h5-6H,1-4H2. The second-order valence-electron chi connectivity index (χ2n) is 2.62. The Morgan fingerprint density at radius 2 is 1.14 bits per heavy atom. The highest BCUT2D eigenvalue weighted by Gasteiger charge is 2.21. The fraction of sp³-hybridized carbons (Fsp3) is 1.00. The molecule has 0 aliphatic carbocycles. The first-order chi connectivity index (χ1) is 6.61. The molecule has 14 heavy (non-hydrogen) atoms. The van der Waals surface area contributed by atoms with Crippen LogP contribution in [0.5, 0.6) is 0 Å². The molecule has 1 aliphatic heterocycles. The molecule has 10 heteroatoms. The molecule has 0 bridgehead atoms. The molecule has 0 aromatic rings. The predicted octanol–water partition coefficient (Wildman–Crippen LogP) is -2.00. The number of nitrogens with zero attached hydrogens (tertiary/aromatic N) is 4. The van der Waals surface area contributed by atoms with Crippen LogP contribution in [0.2, 0.25) is 0 Å². The van der Waals surface area contributed by atoms with Crippen molar-refractivity contribution in [2.75, 3.05) is 26.7 Å². The van der Waals surface area contributed by atoms with Gasteiger partial charge in [0.05, 0.1) is 0 Å². The van der Waals surface area contributed by atoms with Crippen molar-refractivity contribution in [1.82, 2.24) is 20.7 Å². The van der Waals surface area contributed by atoms with E-state index in [4.69, 9.17) is 0 Å². The topological polar surface area (TPSA) is 117 Å². The Labute approximate surface area is 78.7 Å². The molecule has 2 N–H and O–H groups in total. The van der Waals surface area contributed by atoms with Crippen LogP contribution in [-0.4, -0.2) is 46.8 Å². The monoisotopic (exact) mass is 206 g/mol. The molecule has 10 nitrogen and oxygen atoms in total. The highest BCUT2D eigenvalue weighted by Crippen LogP contribution is 1.90.